The molecule has 0 heterocycles. The monoisotopic (exact) mass is 370 g/mol. The van der Waals surface area contributed by atoms with E-state index in [0.717, 1.165) is 24.3 Å². The molecule has 0 aliphatic rings. The van der Waals surface area contributed by atoms with Crippen LogP contribution < -0.4 is 10.0 Å². The minimum atomic E-state index is -3.72. The lowest BCUT2D eigenvalue weighted by Crippen LogP contribution is -2.24. The van der Waals surface area contributed by atoms with Crippen LogP contribution in [0.15, 0.2) is 42.5 Å². The van der Waals surface area contributed by atoms with Gasteiger partial charge in [0, 0.05) is 18.2 Å². The van der Waals surface area contributed by atoms with Gasteiger partial charge in [-0.3, -0.25) is 4.72 Å². The molecule has 0 amide bonds. The number of benzene rings is 2. The van der Waals surface area contributed by atoms with Crippen LogP contribution in [0.5, 0.6) is 0 Å². The quantitative estimate of drug-likeness (QED) is 0.623. The summed E-state index contributed by atoms with van der Waals surface area (Å²) < 4.78 is 51.9. The van der Waals surface area contributed by atoms with E-state index in [1.54, 1.807) is 0 Å². The fraction of sp³-hybridized carbons (Fsp3) is 0.294. The number of sulfonamides is 1. The summed E-state index contributed by atoms with van der Waals surface area (Å²) in [4.78, 5) is 0. The summed E-state index contributed by atoms with van der Waals surface area (Å²) >= 11 is 0. The molecule has 0 bridgehead atoms. The first-order chi connectivity index (χ1) is 11.8. The Hall–Kier alpha value is -2.03. The maximum atomic E-state index is 13.9. The number of anilines is 1. The van der Waals surface area contributed by atoms with Crippen LogP contribution >= 0.6 is 0 Å². The first kappa shape index (κ1) is 19.3. The van der Waals surface area contributed by atoms with Gasteiger partial charge < -0.3 is 10.4 Å². The first-order valence-corrected chi connectivity index (χ1v) is 9.55. The predicted octanol–water partition coefficient (Wildman–Crippen LogP) is 2.20. The number of aliphatic hydroxyl groups is 1. The molecule has 0 aliphatic heterocycles. The summed E-state index contributed by atoms with van der Waals surface area (Å²) in [5, 5.41) is 13.1. The third kappa shape index (κ3) is 6.08. The van der Waals surface area contributed by atoms with Gasteiger partial charge in [-0.15, -0.1) is 0 Å². The molecular weight excluding hydrogens is 350 g/mol. The van der Waals surface area contributed by atoms with E-state index in [4.69, 9.17) is 0 Å². The lowest BCUT2D eigenvalue weighted by Gasteiger charge is -2.15. The van der Waals surface area contributed by atoms with Gasteiger partial charge in [0.25, 0.3) is 0 Å². The van der Waals surface area contributed by atoms with E-state index < -0.39 is 33.4 Å². The molecule has 0 aromatic heterocycles. The predicted molar refractivity (Wildman–Crippen MR) is 92.8 cm³/mol. The van der Waals surface area contributed by atoms with Crippen LogP contribution in [0.1, 0.15) is 17.2 Å². The molecule has 25 heavy (non-hydrogen) atoms. The van der Waals surface area contributed by atoms with Gasteiger partial charge in [-0.2, -0.15) is 0 Å². The highest BCUT2D eigenvalue weighted by Gasteiger charge is 2.18. The number of halogens is 2. The second-order valence-corrected chi connectivity index (χ2v) is 7.43. The zero-order valence-electron chi connectivity index (χ0n) is 13.7. The van der Waals surface area contributed by atoms with Crippen LogP contribution in [0.2, 0.25) is 0 Å². The first-order valence-electron chi connectivity index (χ1n) is 7.65. The Morgan fingerprint density at radius 3 is 2.44 bits per heavy atom. The summed E-state index contributed by atoms with van der Waals surface area (Å²) in [5.74, 6) is -1.98. The number of hydrogen-bond acceptors (Lipinski definition) is 4. The highest BCUT2D eigenvalue weighted by atomic mass is 32.2. The van der Waals surface area contributed by atoms with E-state index >= 15 is 0 Å². The maximum Gasteiger partial charge on any atom is 0.229 e. The van der Waals surface area contributed by atoms with Crippen molar-refractivity contribution in [1.29, 1.82) is 0 Å². The Labute approximate surface area is 145 Å². The normalized spacial score (nSPS) is 12.8. The van der Waals surface area contributed by atoms with Gasteiger partial charge in [0.1, 0.15) is 11.6 Å². The van der Waals surface area contributed by atoms with Crippen LogP contribution in [0, 0.1) is 11.6 Å². The number of aliphatic hydroxyl groups excluding tert-OH is 1. The Morgan fingerprint density at radius 1 is 1.12 bits per heavy atom. The van der Waals surface area contributed by atoms with Gasteiger partial charge >= 0.3 is 0 Å². The SMILES string of the molecule is CS(=O)(=O)Nc1cc(C(O)CNCCc2ccccc2)c(F)cc1F. The molecule has 2 aromatic carbocycles. The standard InChI is InChI=1S/C17H20F2N2O3S/c1-25(23,24)21-16-9-13(14(18)10-15(16)19)17(22)11-20-8-7-12-5-3-2-4-6-12/h2-6,9-10,17,20-22H,7-8,11H2,1H3. The summed E-state index contributed by atoms with van der Waals surface area (Å²) in [5.41, 5.74) is 0.541. The molecular formula is C17H20F2N2O3S. The molecule has 1 unspecified atom stereocenters. The fourth-order valence-corrected chi connectivity index (χ4v) is 2.88. The molecule has 3 N–H and O–H groups in total. The van der Waals surface area contributed by atoms with Crippen molar-refractivity contribution >= 4 is 15.7 Å². The van der Waals surface area contributed by atoms with Gasteiger partial charge in [0.2, 0.25) is 10.0 Å². The molecule has 0 saturated carbocycles. The van der Waals surface area contributed by atoms with Crippen LogP contribution in [0.25, 0.3) is 0 Å². The van der Waals surface area contributed by atoms with E-state index in [1.807, 2.05) is 35.1 Å². The maximum absolute atomic E-state index is 13.9. The molecule has 0 fully saturated rings. The third-order valence-corrected chi connectivity index (χ3v) is 4.10. The highest BCUT2D eigenvalue weighted by Crippen LogP contribution is 2.24. The zero-order chi connectivity index (χ0) is 18.4. The molecule has 1 atom stereocenters. The Bertz CT molecular complexity index is 814. The fourth-order valence-electron chi connectivity index (χ4n) is 2.33. The van der Waals surface area contributed by atoms with Gasteiger partial charge in [-0.1, -0.05) is 30.3 Å². The molecule has 2 rings (SSSR count). The molecule has 0 saturated heterocycles. The van der Waals surface area contributed by atoms with Crippen molar-refractivity contribution < 1.29 is 22.3 Å². The molecule has 0 spiro atoms. The molecule has 0 aliphatic carbocycles. The van der Waals surface area contributed by atoms with Crippen LogP contribution in [0.4, 0.5) is 14.5 Å². The largest absolute Gasteiger partial charge is 0.387 e. The van der Waals surface area contributed by atoms with Crippen LogP contribution in [-0.4, -0.2) is 32.9 Å². The third-order valence-electron chi connectivity index (χ3n) is 3.51. The van der Waals surface area contributed by atoms with Gasteiger partial charge in [-0.25, -0.2) is 17.2 Å². The summed E-state index contributed by atoms with van der Waals surface area (Å²) in [6, 6.07) is 11.2. The minimum absolute atomic E-state index is 0.0493. The van der Waals surface area contributed by atoms with Gasteiger partial charge in [0.15, 0.2) is 0 Å². The Kier molecular flexibility index (Phi) is 6.46. The molecule has 0 radical (unpaired) electrons. The number of rotatable bonds is 8. The topological polar surface area (TPSA) is 78.4 Å². The van der Waals surface area contributed by atoms with Crippen molar-refractivity contribution in [2.75, 3.05) is 24.1 Å². The van der Waals surface area contributed by atoms with E-state index in [1.165, 1.54) is 0 Å². The lowest BCUT2D eigenvalue weighted by atomic mass is 10.1. The zero-order valence-corrected chi connectivity index (χ0v) is 14.5. The van der Waals surface area contributed by atoms with Gasteiger partial charge in [-0.05, 0) is 24.6 Å². The van der Waals surface area contributed by atoms with Crippen molar-refractivity contribution in [3.05, 3.63) is 65.2 Å². The molecule has 2 aromatic rings. The summed E-state index contributed by atoms with van der Waals surface area (Å²) in [7, 11) is -3.72. The van der Waals surface area contributed by atoms with E-state index in [2.05, 4.69) is 5.32 Å². The van der Waals surface area contributed by atoms with Crippen molar-refractivity contribution in [2.45, 2.75) is 12.5 Å². The van der Waals surface area contributed by atoms with E-state index in [-0.39, 0.29) is 12.1 Å². The number of nitrogens with one attached hydrogen (secondary N) is 2. The van der Waals surface area contributed by atoms with E-state index in [0.29, 0.717) is 12.6 Å². The van der Waals surface area contributed by atoms with Crippen molar-refractivity contribution in [1.82, 2.24) is 5.32 Å². The van der Waals surface area contributed by atoms with Crippen LogP contribution in [-0.2, 0) is 16.4 Å². The summed E-state index contributed by atoms with van der Waals surface area (Å²) in [6.45, 7) is 0.617. The van der Waals surface area contributed by atoms with Crippen LogP contribution in [0.3, 0.4) is 0 Å². The van der Waals surface area contributed by atoms with E-state index in [9.17, 15) is 22.3 Å². The number of hydrogen-bond donors (Lipinski definition) is 3. The average Bonchev–Trinajstić information content (AvgIpc) is 2.54. The van der Waals surface area contributed by atoms with Crippen molar-refractivity contribution in [2.24, 2.45) is 0 Å². The second-order valence-electron chi connectivity index (χ2n) is 5.68. The highest BCUT2D eigenvalue weighted by molar-refractivity contribution is 7.92. The minimum Gasteiger partial charge on any atom is -0.387 e. The smallest absolute Gasteiger partial charge is 0.229 e. The molecule has 8 heteroatoms. The van der Waals surface area contributed by atoms with Crippen molar-refractivity contribution in [3.63, 3.8) is 0 Å². The van der Waals surface area contributed by atoms with Crippen molar-refractivity contribution in [3.8, 4) is 0 Å². The molecule has 136 valence electrons. The van der Waals surface area contributed by atoms with Gasteiger partial charge in [0.05, 0.1) is 18.0 Å². The lowest BCUT2D eigenvalue weighted by molar-refractivity contribution is 0.170. The second kappa shape index (κ2) is 8.37. The summed E-state index contributed by atoms with van der Waals surface area (Å²) in [6.07, 6.45) is 0.355. The Balaban J connectivity index is 1.98. The average molecular weight is 370 g/mol. The Morgan fingerprint density at radius 2 is 1.80 bits per heavy atom. The molecule has 5 nitrogen and oxygen atoms in total.